The van der Waals surface area contributed by atoms with E-state index in [0.29, 0.717) is 0 Å². The van der Waals surface area contributed by atoms with E-state index in [1.54, 1.807) is 0 Å². The third-order valence-electron chi connectivity index (χ3n) is 4.00. The molecule has 0 atom stereocenters. The van der Waals surface area contributed by atoms with Crippen LogP contribution in [0, 0.1) is 0 Å². The lowest BCUT2D eigenvalue weighted by Gasteiger charge is -2.27. The van der Waals surface area contributed by atoms with Crippen molar-refractivity contribution < 1.29 is 18.1 Å². The molecule has 0 aromatic carbocycles. The zero-order chi connectivity index (χ0) is 18.3. The Morgan fingerprint density at radius 3 is 1.52 bits per heavy atom. The fourth-order valence-corrected chi connectivity index (χ4v) is 2.61. The van der Waals surface area contributed by atoms with Gasteiger partial charge < -0.3 is 14.9 Å². The predicted molar refractivity (Wildman–Crippen MR) is 97.5 cm³/mol. The Bertz CT molecular complexity index is 332. The summed E-state index contributed by atoms with van der Waals surface area (Å²) in [7, 11) is 0.457. The summed E-state index contributed by atoms with van der Waals surface area (Å²) >= 11 is 0. The van der Waals surface area contributed by atoms with Gasteiger partial charge in [-0.25, -0.2) is 0 Å². The van der Waals surface area contributed by atoms with Crippen molar-refractivity contribution in [1.29, 1.82) is 0 Å². The van der Waals surface area contributed by atoms with Crippen LogP contribution in [0.2, 0.25) is 0 Å². The van der Waals surface area contributed by atoms with E-state index in [9.17, 15) is 8.42 Å². The van der Waals surface area contributed by atoms with Gasteiger partial charge in [0.25, 0.3) is 10.1 Å². The molecule has 0 heterocycles. The molecule has 6 nitrogen and oxygen atoms in total. The topological polar surface area (TPSA) is 81.1 Å². The molecule has 0 aromatic rings. The first kappa shape index (κ1) is 25.0. The van der Waals surface area contributed by atoms with E-state index in [1.165, 1.54) is 51.7 Å². The maximum absolute atomic E-state index is 9.63. The van der Waals surface area contributed by atoms with E-state index in [2.05, 4.69) is 44.7 Å². The average Bonchev–Trinajstić information content (AvgIpc) is 2.50. The van der Waals surface area contributed by atoms with Crippen molar-refractivity contribution in [3.8, 4) is 0 Å². The largest absolute Gasteiger partial charge is 0.395 e. The minimum Gasteiger partial charge on any atom is -0.395 e. The minimum absolute atomic E-state index is 0.529. The van der Waals surface area contributed by atoms with Gasteiger partial charge in [-0.05, 0) is 46.6 Å². The quantitative estimate of drug-likeness (QED) is 0.711. The van der Waals surface area contributed by atoms with Crippen molar-refractivity contribution in [2.24, 2.45) is 0 Å². The first-order valence-corrected chi connectivity index (χ1v) is 10.3. The van der Waals surface area contributed by atoms with Crippen LogP contribution in [0.1, 0.15) is 52.9 Å². The zero-order valence-electron chi connectivity index (χ0n) is 15.7. The van der Waals surface area contributed by atoms with E-state index in [1.807, 2.05) is 0 Å². The van der Waals surface area contributed by atoms with Gasteiger partial charge in [-0.1, -0.05) is 40.0 Å². The highest BCUT2D eigenvalue weighted by Crippen LogP contribution is 2.20. The fraction of sp³-hybridized carbons (Fsp3) is 1.00. The molecule has 0 saturated heterocycles. The van der Waals surface area contributed by atoms with Crippen molar-refractivity contribution in [3.05, 3.63) is 0 Å². The van der Waals surface area contributed by atoms with Crippen LogP contribution in [0.4, 0.5) is 0 Å². The molecule has 7 heteroatoms. The SMILES string of the molecule is CCN(CC)CC.CN(C)C1CCCCC1.O=S(=O)(O)CCO. The molecule has 1 fully saturated rings. The summed E-state index contributed by atoms with van der Waals surface area (Å²) in [6, 6.07) is 0.888. The maximum Gasteiger partial charge on any atom is 0.267 e. The second-order valence-corrected chi connectivity index (χ2v) is 7.46. The molecule has 2 N–H and O–H groups in total. The summed E-state index contributed by atoms with van der Waals surface area (Å²) in [5.74, 6) is -0.576. The summed E-state index contributed by atoms with van der Waals surface area (Å²) in [5.41, 5.74) is 0. The lowest BCUT2D eigenvalue weighted by molar-refractivity contribution is 0.229. The van der Waals surface area contributed by atoms with Crippen LogP contribution in [0.15, 0.2) is 0 Å². The standard InChI is InChI=1S/C8H17N.C6H15N.C2H6O4S/c1-9(2)8-6-4-3-5-7-8;1-4-7(5-2)6-3;3-1-2-7(4,5)6/h8H,3-7H2,1-2H3;4-6H2,1-3H3;3H,1-2H2,(H,4,5,6). The van der Waals surface area contributed by atoms with Gasteiger partial charge in [0.15, 0.2) is 0 Å². The molecule has 0 radical (unpaired) electrons. The van der Waals surface area contributed by atoms with E-state index in [4.69, 9.17) is 9.66 Å². The molecule has 0 amide bonds. The van der Waals surface area contributed by atoms with Gasteiger partial charge in [0, 0.05) is 6.04 Å². The molecule has 23 heavy (non-hydrogen) atoms. The van der Waals surface area contributed by atoms with Gasteiger partial charge in [0.05, 0.1) is 12.4 Å². The predicted octanol–water partition coefficient (Wildman–Crippen LogP) is 2.10. The molecule has 0 spiro atoms. The lowest BCUT2D eigenvalue weighted by atomic mass is 9.95. The third-order valence-corrected chi connectivity index (χ3v) is 4.69. The zero-order valence-corrected chi connectivity index (χ0v) is 16.5. The molecule has 1 aliphatic rings. The second kappa shape index (κ2) is 15.3. The minimum atomic E-state index is -3.92. The number of hydrogen-bond donors (Lipinski definition) is 2. The van der Waals surface area contributed by atoms with Gasteiger partial charge in [-0.3, -0.25) is 4.55 Å². The maximum atomic E-state index is 9.63. The Labute approximate surface area is 143 Å². The van der Waals surface area contributed by atoms with Crippen molar-refractivity contribution >= 4 is 10.1 Å². The van der Waals surface area contributed by atoms with Crippen LogP contribution in [-0.2, 0) is 10.1 Å². The number of hydrogen-bond acceptors (Lipinski definition) is 5. The lowest BCUT2D eigenvalue weighted by Crippen LogP contribution is -2.29. The van der Waals surface area contributed by atoms with Gasteiger partial charge in [-0.2, -0.15) is 8.42 Å². The second-order valence-electron chi connectivity index (χ2n) is 5.88. The van der Waals surface area contributed by atoms with E-state index >= 15 is 0 Å². The number of aliphatic hydroxyl groups excluding tert-OH is 1. The highest BCUT2D eigenvalue weighted by Gasteiger charge is 2.13. The number of nitrogens with zero attached hydrogens (tertiary/aromatic N) is 2. The summed E-state index contributed by atoms with van der Waals surface area (Å²) in [6.07, 6.45) is 7.20. The van der Waals surface area contributed by atoms with Gasteiger partial charge in [0.1, 0.15) is 0 Å². The van der Waals surface area contributed by atoms with Crippen molar-refractivity contribution in [3.63, 3.8) is 0 Å². The summed E-state index contributed by atoms with van der Waals surface area (Å²) in [4.78, 5) is 4.74. The Kier molecular flexibility index (Phi) is 16.7. The molecular weight excluding hydrogens is 316 g/mol. The first-order chi connectivity index (χ1) is 10.7. The molecular formula is C16H38N2O4S. The van der Waals surface area contributed by atoms with Crippen molar-refractivity contribution in [2.45, 2.75) is 58.9 Å². The third kappa shape index (κ3) is 18.0. The highest BCUT2D eigenvalue weighted by molar-refractivity contribution is 7.85. The molecule has 0 aromatic heterocycles. The van der Waals surface area contributed by atoms with Crippen LogP contribution in [-0.4, -0.2) is 80.0 Å². The first-order valence-electron chi connectivity index (χ1n) is 8.66. The van der Waals surface area contributed by atoms with Crippen LogP contribution in [0.5, 0.6) is 0 Å². The van der Waals surface area contributed by atoms with Gasteiger partial charge in [-0.15, -0.1) is 0 Å². The fourth-order valence-electron chi connectivity index (χ4n) is 2.38. The molecule has 1 rings (SSSR count). The van der Waals surface area contributed by atoms with Gasteiger partial charge in [0.2, 0.25) is 0 Å². The molecule has 0 bridgehead atoms. The average molecular weight is 355 g/mol. The molecule has 0 aliphatic heterocycles. The van der Waals surface area contributed by atoms with E-state index < -0.39 is 22.5 Å². The summed E-state index contributed by atoms with van der Waals surface area (Å²) in [6.45, 7) is 9.60. The smallest absolute Gasteiger partial charge is 0.267 e. The number of rotatable bonds is 6. The summed E-state index contributed by atoms with van der Waals surface area (Å²) in [5, 5.41) is 7.86. The Hall–Kier alpha value is -0.210. The van der Waals surface area contributed by atoms with Crippen LogP contribution in [0.25, 0.3) is 0 Å². The van der Waals surface area contributed by atoms with E-state index in [-0.39, 0.29) is 0 Å². The van der Waals surface area contributed by atoms with Crippen molar-refractivity contribution in [2.75, 3.05) is 46.1 Å². The normalized spacial score (nSPS) is 15.7. The Balaban J connectivity index is 0. The number of aliphatic hydroxyl groups is 1. The Morgan fingerprint density at radius 1 is 0.957 bits per heavy atom. The van der Waals surface area contributed by atoms with Crippen LogP contribution < -0.4 is 0 Å². The van der Waals surface area contributed by atoms with E-state index in [0.717, 1.165) is 6.04 Å². The van der Waals surface area contributed by atoms with Crippen LogP contribution >= 0.6 is 0 Å². The van der Waals surface area contributed by atoms with Gasteiger partial charge >= 0.3 is 0 Å². The molecule has 0 unspecified atom stereocenters. The van der Waals surface area contributed by atoms with Crippen LogP contribution in [0.3, 0.4) is 0 Å². The highest BCUT2D eigenvalue weighted by atomic mass is 32.2. The monoisotopic (exact) mass is 354 g/mol. The summed E-state index contributed by atoms with van der Waals surface area (Å²) < 4.78 is 27.1. The van der Waals surface area contributed by atoms with Crippen molar-refractivity contribution in [1.82, 2.24) is 9.80 Å². The molecule has 1 aliphatic carbocycles. The Morgan fingerprint density at radius 2 is 1.39 bits per heavy atom. The molecule has 1 saturated carbocycles. The molecule has 142 valence electrons.